The van der Waals surface area contributed by atoms with Crippen molar-refractivity contribution in [1.82, 2.24) is 25.1 Å². The molecular weight excluding hydrogens is 318 g/mol. The molecule has 0 aliphatic heterocycles. The molecule has 0 aromatic carbocycles. The molecule has 3 aromatic heterocycles. The average molecular weight is 337 g/mol. The summed E-state index contributed by atoms with van der Waals surface area (Å²) in [6.07, 6.45) is 7.12. The van der Waals surface area contributed by atoms with Gasteiger partial charge in [-0.25, -0.2) is 0 Å². The third-order valence-electron chi connectivity index (χ3n) is 3.36. The van der Waals surface area contributed by atoms with E-state index in [1.807, 2.05) is 53.4 Å². The third-order valence-corrected chi connectivity index (χ3v) is 3.36. The summed E-state index contributed by atoms with van der Waals surface area (Å²) >= 11 is 0. The smallest absolute Gasteiger partial charge is 0.239 e. The lowest BCUT2D eigenvalue weighted by Gasteiger charge is -2.08. The molecule has 3 heterocycles. The molecule has 25 heavy (non-hydrogen) atoms. The lowest BCUT2D eigenvalue weighted by molar-refractivity contribution is -0.121. The van der Waals surface area contributed by atoms with Crippen LogP contribution in [0.25, 0.3) is 0 Å². The Labute approximate surface area is 145 Å². The van der Waals surface area contributed by atoms with Crippen LogP contribution in [0.1, 0.15) is 0 Å². The first kappa shape index (κ1) is 16.4. The summed E-state index contributed by atoms with van der Waals surface area (Å²) in [5.74, 6) is 1.28. The number of hydrogen-bond donors (Lipinski definition) is 3. The second-order valence-corrected chi connectivity index (χ2v) is 5.30. The van der Waals surface area contributed by atoms with E-state index in [0.717, 1.165) is 5.69 Å². The summed E-state index contributed by atoms with van der Waals surface area (Å²) in [5, 5.41) is 17.3. The molecule has 128 valence electrons. The molecule has 0 atom stereocenters. The van der Waals surface area contributed by atoms with Crippen molar-refractivity contribution in [3.63, 3.8) is 0 Å². The number of rotatable bonds is 8. The highest BCUT2D eigenvalue weighted by molar-refractivity contribution is 5.75. The number of amides is 1. The first-order valence-corrected chi connectivity index (χ1v) is 7.92. The summed E-state index contributed by atoms with van der Waals surface area (Å²) in [6, 6.07) is 11.1. The zero-order chi connectivity index (χ0) is 17.3. The highest BCUT2D eigenvalue weighted by Gasteiger charge is 2.02. The number of pyridine rings is 1. The van der Waals surface area contributed by atoms with Gasteiger partial charge in [0.15, 0.2) is 5.82 Å². The molecule has 0 aliphatic rings. The number of nitrogens with zero attached hydrogens (tertiary/aromatic N) is 4. The van der Waals surface area contributed by atoms with Gasteiger partial charge < -0.3 is 20.5 Å². The van der Waals surface area contributed by atoms with E-state index in [-0.39, 0.29) is 5.91 Å². The van der Waals surface area contributed by atoms with Crippen molar-refractivity contribution in [3.05, 3.63) is 61.2 Å². The number of aromatic nitrogens is 4. The van der Waals surface area contributed by atoms with Gasteiger partial charge in [-0.2, -0.15) is 0 Å². The quantitative estimate of drug-likeness (QED) is 0.541. The Morgan fingerprint density at radius 1 is 0.960 bits per heavy atom. The lowest BCUT2D eigenvalue weighted by Crippen LogP contribution is -2.31. The second kappa shape index (κ2) is 8.44. The van der Waals surface area contributed by atoms with Crippen LogP contribution in [0.15, 0.2) is 61.2 Å². The van der Waals surface area contributed by atoms with Crippen LogP contribution >= 0.6 is 0 Å². The zero-order valence-corrected chi connectivity index (χ0v) is 13.6. The summed E-state index contributed by atoms with van der Waals surface area (Å²) < 4.78 is 1.82. The SMILES string of the molecule is O=C(Cn1cccc1)NCCNc1ccc(Nc2ccncc2)nn1. The van der Waals surface area contributed by atoms with Gasteiger partial charge in [0.1, 0.15) is 12.4 Å². The second-order valence-electron chi connectivity index (χ2n) is 5.30. The fourth-order valence-corrected chi connectivity index (χ4v) is 2.17. The van der Waals surface area contributed by atoms with Crippen LogP contribution in [0.3, 0.4) is 0 Å². The van der Waals surface area contributed by atoms with Crippen LogP contribution in [0, 0.1) is 0 Å². The number of nitrogens with one attached hydrogen (secondary N) is 3. The molecule has 8 nitrogen and oxygen atoms in total. The molecule has 0 unspecified atom stereocenters. The largest absolute Gasteiger partial charge is 0.367 e. The first-order valence-electron chi connectivity index (χ1n) is 7.92. The Balaban J connectivity index is 1.38. The van der Waals surface area contributed by atoms with Crippen molar-refractivity contribution >= 4 is 23.2 Å². The van der Waals surface area contributed by atoms with Crippen LogP contribution in [0.4, 0.5) is 17.3 Å². The minimum atomic E-state index is -0.0269. The fourth-order valence-electron chi connectivity index (χ4n) is 2.17. The van der Waals surface area contributed by atoms with Gasteiger partial charge in [0.25, 0.3) is 0 Å². The van der Waals surface area contributed by atoms with E-state index < -0.39 is 0 Å². The maximum Gasteiger partial charge on any atom is 0.239 e. The molecule has 0 spiro atoms. The van der Waals surface area contributed by atoms with Crippen LogP contribution in [0.5, 0.6) is 0 Å². The highest BCUT2D eigenvalue weighted by atomic mass is 16.1. The number of carbonyl (C=O) groups excluding carboxylic acids is 1. The fraction of sp³-hybridized carbons (Fsp3) is 0.176. The van der Waals surface area contributed by atoms with Gasteiger partial charge in [-0.15, -0.1) is 10.2 Å². The Morgan fingerprint density at radius 2 is 1.68 bits per heavy atom. The normalized spacial score (nSPS) is 10.2. The van der Waals surface area contributed by atoms with E-state index in [0.29, 0.717) is 31.3 Å². The standard InChI is InChI=1S/C17H19N7O/c25-17(13-24-11-1-2-12-24)20-10-9-19-15-3-4-16(23-22-15)21-14-5-7-18-8-6-14/h1-8,11-12H,9-10,13H2,(H,19,22)(H,20,25)(H,18,21,23). The molecule has 3 rings (SSSR count). The summed E-state index contributed by atoms with van der Waals surface area (Å²) in [4.78, 5) is 15.7. The number of hydrogen-bond acceptors (Lipinski definition) is 6. The molecule has 3 aromatic rings. The molecule has 8 heteroatoms. The van der Waals surface area contributed by atoms with Crippen LogP contribution in [-0.2, 0) is 11.3 Å². The van der Waals surface area contributed by atoms with Gasteiger partial charge in [-0.1, -0.05) is 0 Å². The van der Waals surface area contributed by atoms with Crippen molar-refractivity contribution in [1.29, 1.82) is 0 Å². The van der Waals surface area contributed by atoms with E-state index in [1.165, 1.54) is 0 Å². The van der Waals surface area contributed by atoms with Crippen molar-refractivity contribution in [2.75, 3.05) is 23.7 Å². The molecule has 0 bridgehead atoms. The van der Waals surface area contributed by atoms with Gasteiger partial charge in [0, 0.05) is 43.6 Å². The summed E-state index contributed by atoms with van der Waals surface area (Å²) in [7, 11) is 0. The van der Waals surface area contributed by atoms with E-state index in [2.05, 4.69) is 31.1 Å². The van der Waals surface area contributed by atoms with Gasteiger partial charge in [-0.3, -0.25) is 9.78 Å². The van der Waals surface area contributed by atoms with Crippen molar-refractivity contribution in [2.45, 2.75) is 6.54 Å². The van der Waals surface area contributed by atoms with Crippen LogP contribution in [-0.4, -0.2) is 38.7 Å². The zero-order valence-electron chi connectivity index (χ0n) is 13.6. The van der Waals surface area contributed by atoms with E-state index in [4.69, 9.17) is 0 Å². The molecule has 0 radical (unpaired) electrons. The Hall–Kier alpha value is -3.42. The van der Waals surface area contributed by atoms with Gasteiger partial charge in [0.05, 0.1) is 0 Å². The minimum absolute atomic E-state index is 0.0269. The predicted molar refractivity (Wildman–Crippen MR) is 95.5 cm³/mol. The summed E-state index contributed by atoms with van der Waals surface area (Å²) in [6.45, 7) is 1.41. The Kier molecular flexibility index (Phi) is 5.55. The topological polar surface area (TPSA) is 96.8 Å². The number of carbonyl (C=O) groups is 1. The minimum Gasteiger partial charge on any atom is -0.367 e. The maximum atomic E-state index is 11.7. The number of anilines is 3. The molecule has 0 aliphatic carbocycles. The van der Waals surface area contributed by atoms with E-state index in [9.17, 15) is 4.79 Å². The maximum absolute atomic E-state index is 11.7. The van der Waals surface area contributed by atoms with Crippen LogP contribution < -0.4 is 16.0 Å². The highest BCUT2D eigenvalue weighted by Crippen LogP contribution is 2.13. The van der Waals surface area contributed by atoms with E-state index in [1.54, 1.807) is 12.4 Å². The monoisotopic (exact) mass is 337 g/mol. The van der Waals surface area contributed by atoms with Gasteiger partial charge >= 0.3 is 0 Å². The van der Waals surface area contributed by atoms with Gasteiger partial charge in [0.2, 0.25) is 5.91 Å². The average Bonchev–Trinajstić information content (AvgIpc) is 3.14. The Morgan fingerprint density at radius 3 is 2.40 bits per heavy atom. The first-order chi connectivity index (χ1) is 12.3. The molecule has 0 fully saturated rings. The molecular formula is C17H19N7O. The predicted octanol–water partition coefficient (Wildman–Crippen LogP) is 1.64. The van der Waals surface area contributed by atoms with E-state index >= 15 is 0 Å². The third kappa shape index (κ3) is 5.31. The van der Waals surface area contributed by atoms with Gasteiger partial charge in [-0.05, 0) is 36.4 Å². The Bertz CT molecular complexity index is 773. The lowest BCUT2D eigenvalue weighted by atomic mass is 10.4. The van der Waals surface area contributed by atoms with Crippen molar-refractivity contribution in [2.24, 2.45) is 0 Å². The molecule has 1 amide bonds. The van der Waals surface area contributed by atoms with Crippen molar-refractivity contribution in [3.8, 4) is 0 Å². The molecule has 0 saturated carbocycles. The van der Waals surface area contributed by atoms with Crippen LogP contribution in [0.2, 0.25) is 0 Å². The molecule has 3 N–H and O–H groups in total. The summed E-state index contributed by atoms with van der Waals surface area (Å²) in [5.41, 5.74) is 0.899. The van der Waals surface area contributed by atoms with Crippen molar-refractivity contribution < 1.29 is 4.79 Å². The molecule has 0 saturated heterocycles.